The molecule has 0 aliphatic heterocycles. The van der Waals surface area contributed by atoms with Crippen LogP contribution in [-0.4, -0.2) is 0 Å². The van der Waals surface area contributed by atoms with Crippen LogP contribution >= 0.6 is 0 Å². The van der Waals surface area contributed by atoms with Gasteiger partial charge in [0.2, 0.25) is 5.69 Å². The first-order chi connectivity index (χ1) is 8.11. The summed E-state index contributed by atoms with van der Waals surface area (Å²) < 4.78 is 0.799. The average molecular weight is 227 g/mol. The number of hydrogen-bond donors (Lipinski definition) is 1. The fourth-order valence-corrected chi connectivity index (χ4v) is 1.94. The zero-order valence-corrected chi connectivity index (χ0v) is 9.97. The minimum atomic E-state index is 0.339. The lowest BCUT2D eigenvalue weighted by Gasteiger charge is -2.13. The van der Waals surface area contributed by atoms with Crippen molar-refractivity contribution in [2.75, 3.05) is 5.73 Å². The van der Waals surface area contributed by atoms with E-state index >= 15 is 0 Å². The summed E-state index contributed by atoms with van der Waals surface area (Å²) in [6, 6.07) is 12.2. The van der Waals surface area contributed by atoms with Crippen LogP contribution in [0, 0.1) is 11.3 Å². The number of anilines is 1. The SMILES string of the molecule is CC(C)c1ccccc1-c1c(N)[c]cc[n+]1[O-]. The molecule has 0 saturated carbocycles. The molecule has 0 amide bonds. The van der Waals surface area contributed by atoms with E-state index in [9.17, 15) is 5.21 Å². The van der Waals surface area contributed by atoms with Gasteiger partial charge in [-0.25, -0.2) is 0 Å². The molecule has 0 saturated heterocycles. The van der Waals surface area contributed by atoms with Crippen LogP contribution in [0.1, 0.15) is 25.3 Å². The highest BCUT2D eigenvalue weighted by molar-refractivity contribution is 5.72. The molecule has 0 spiro atoms. The van der Waals surface area contributed by atoms with Crippen LogP contribution < -0.4 is 10.5 Å². The van der Waals surface area contributed by atoms with E-state index in [0.29, 0.717) is 17.3 Å². The summed E-state index contributed by atoms with van der Waals surface area (Å²) in [5.74, 6) is 0.339. The molecule has 1 aromatic carbocycles. The summed E-state index contributed by atoms with van der Waals surface area (Å²) in [4.78, 5) is 0. The molecule has 2 aromatic rings. The van der Waals surface area contributed by atoms with Crippen LogP contribution in [0.2, 0.25) is 0 Å². The van der Waals surface area contributed by atoms with E-state index in [2.05, 4.69) is 19.9 Å². The topological polar surface area (TPSA) is 53.0 Å². The van der Waals surface area contributed by atoms with Gasteiger partial charge in [0.25, 0.3) is 0 Å². The number of nitrogen functional groups attached to an aromatic ring is 1. The van der Waals surface area contributed by atoms with Gasteiger partial charge in [-0.3, -0.25) is 0 Å². The summed E-state index contributed by atoms with van der Waals surface area (Å²) >= 11 is 0. The Hall–Kier alpha value is -2.03. The summed E-state index contributed by atoms with van der Waals surface area (Å²) in [5, 5.41) is 11.8. The molecule has 87 valence electrons. The number of benzene rings is 1. The summed E-state index contributed by atoms with van der Waals surface area (Å²) in [7, 11) is 0. The van der Waals surface area contributed by atoms with Crippen molar-refractivity contribution in [1.29, 1.82) is 0 Å². The lowest BCUT2D eigenvalue weighted by molar-refractivity contribution is -0.593. The molecular formula is C14H15N2O. The molecule has 1 radical (unpaired) electrons. The van der Waals surface area contributed by atoms with Crippen molar-refractivity contribution < 1.29 is 4.73 Å². The van der Waals surface area contributed by atoms with Crippen molar-refractivity contribution in [2.45, 2.75) is 19.8 Å². The van der Waals surface area contributed by atoms with E-state index in [1.54, 1.807) is 0 Å². The monoisotopic (exact) mass is 227 g/mol. The molecule has 3 nitrogen and oxygen atoms in total. The maximum Gasteiger partial charge on any atom is 0.247 e. The third-order valence-electron chi connectivity index (χ3n) is 2.76. The van der Waals surface area contributed by atoms with Gasteiger partial charge in [0.1, 0.15) is 5.69 Å². The minimum Gasteiger partial charge on any atom is -0.618 e. The maximum atomic E-state index is 11.8. The van der Waals surface area contributed by atoms with Crippen LogP contribution in [0.15, 0.2) is 36.5 Å². The molecule has 0 fully saturated rings. The fraction of sp³-hybridized carbons (Fsp3) is 0.214. The Bertz CT molecular complexity index is 515. The normalized spacial score (nSPS) is 10.8. The van der Waals surface area contributed by atoms with Crippen LogP contribution in [-0.2, 0) is 0 Å². The first kappa shape index (κ1) is 11.5. The standard InChI is InChI=1S/C14H15N2O/c1-10(2)11-6-3-4-7-12(11)14-13(15)8-5-9-16(14)17/h3-7,9-10H,15H2,1-2H3. The van der Waals surface area contributed by atoms with E-state index in [1.165, 1.54) is 12.3 Å². The molecule has 0 aliphatic carbocycles. The lowest BCUT2D eigenvalue weighted by atomic mass is 9.94. The second-order valence-corrected chi connectivity index (χ2v) is 4.29. The quantitative estimate of drug-likeness (QED) is 0.633. The van der Waals surface area contributed by atoms with Gasteiger partial charge in [-0.2, -0.15) is 4.73 Å². The Morgan fingerprint density at radius 1 is 1.29 bits per heavy atom. The number of hydrogen-bond acceptors (Lipinski definition) is 2. The Morgan fingerprint density at radius 2 is 2.00 bits per heavy atom. The van der Waals surface area contributed by atoms with Crippen molar-refractivity contribution in [3.63, 3.8) is 0 Å². The van der Waals surface area contributed by atoms with Gasteiger partial charge in [0.15, 0.2) is 6.20 Å². The van der Waals surface area contributed by atoms with Gasteiger partial charge in [-0.15, -0.1) is 0 Å². The number of rotatable bonds is 2. The second kappa shape index (κ2) is 4.45. The molecule has 1 aromatic heterocycles. The van der Waals surface area contributed by atoms with Gasteiger partial charge < -0.3 is 10.9 Å². The highest BCUT2D eigenvalue weighted by Crippen LogP contribution is 2.29. The number of nitrogens with two attached hydrogens (primary N) is 1. The first-order valence-corrected chi connectivity index (χ1v) is 5.60. The third-order valence-corrected chi connectivity index (χ3v) is 2.76. The lowest BCUT2D eigenvalue weighted by Crippen LogP contribution is -2.29. The predicted octanol–water partition coefficient (Wildman–Crippen LogP) is 2.49. The van der Waals surface area contributed by atoms with Gasteiger partial charge in [0, 0.05) is 12.1 Å². The zero-order valence-electron chi connectivity index (χ0n) is 9.97. The van der Waals surface area contributed by atoms with Crippen molar-refractivity contribution in [3.05, 3.63) is 53.4 Å². The van der Waals surface area contributed by atoms with Gasteiger partial charge in [-0.05, 0) is 17.5 Å². The van der Waals surface area contributed by atoms with Gasteiger partial charge in [-0.1, -0.05) is 32.0 Å². The predicted molar refractivity (Wildman–Crippen MR) is 68.2 cm³/mol. The Balaban J connectivity index is 2.69. The first-order valence-electron chi connectivity index (χ1n) is 5.60. The van der Waals surface area contributed by atoms with Crippen molar-refractivity contribution >= 4 is 5.69 Å². The maximum absolute atomic E-state index is 11.8. The summed E-state index contributed by atoms with van der Waals surface area (Å²) in [6.45, 7) is 4.19. The molecule has 17 heavy (non-hydrogen) atoms. The molecule has 3 heteroatoms. The molecular weight excluding hydrogens is 212 g/mol. The van der Waals surface area contributed by atoms with Crippen molar-refractivity contribution in [1.82, 2.24) is 0 Å². The fourth-order valence-electron chi connectivity index (χ4n) is 1.94. The van der Waals surface area contributed by atoms with Crippen LogP contribution in [0.5, 0.6) is 0 Å². The van der Waals surface area contributed by atoms with E-state index in [4.69, 9.17) is 5.73 Å². The highest BCUT2D eigenvalue weighted by Gasteiger charge is 2.17. The number of aromatic nitrogens is 1. The Morgan fingerprint density at radius 3 is 2.65 bits per heavy atom. The molecule has 0 aliphatic rings. The third kappa shape index (κ3) is 2.09. The van der Waals surface area contributed by atoms with E-state index in [0.717, 1.165) is 15.9 Å². The summed E-state index contributed by atoms with van der Waals surface area (Å²) in [6.07, 6.45) is 1.42. The van der Waals surface area contributed by atoms with Gasteiger partial charge >= 0.3 is 0 Å². The number of nitrogens with zero attached hydrogens (tertiary/aromatic N) is 1. The molecule has 0 bridgehead atoms. The van der Waals surface area contributed by atoms with Crippen molar-refractivity contribution in [2.24, 2.45) is 0 Å². The summed E-state index contributed by atoms with van der Waals surface area (Å²) in [5.41, 5.74) is 8.71. The molecule has 2 N–H and O–H groups in total. The molecule has 0 atom stereocenters. The van der Waals surface area contributed by atoms with Crippen LogP contribution in [0.25, 0.3) is 11.3 Å². The van der Waals surface area contributed by atoms with E-state index in [1.807, 2.05) is 24.3 Å². The van der Waals surface area contributed by atoms with E-state index in [-0.39, 0.29) is 0 Å². The minimum absolute atomic E-state index is 0.339. The second-order valence-electron chi connectivity index (χ2n) is 4.29. The number of pyridine rings is 1. The van der Waals surface area contributed by atoms with Crippen LogP contribution in [0.4, 0.5) is 5.69 Å². The van der Waals surface area contributed by atoms with Crippen LogP contribution in [0.3, 0.4) is 0 Å². The molecule has 0 unspecified atom stereocenters. The van der Waals surface area contributed by atoms with Gasteiger partial charge in [0.05, 0.1) is 5.56 Å². The average Bonchev–Trinajstić information content (AvgIpc) is 2.29. The highest BCUT2D eigenvalue weighted by atomic mass is 16.5. The van der Waals surface area contributed by atoms with E-state index < -0.39 is 0 Å². The smallest absolute Gasteiger partial charge is 0.247 e. The molecule has 1 heterocycles. The zero-order chi connectivity index (χ0) is 12.4. The van der Waals surface area contributed by atoms with Crippen molar-refractivity contribution in [3.8, 4) is 11.3 Å². The molecule has 2 rings (SSSR count). The largest absolute Gasteiger partial charge is 0.618 e. The Kier molecular flexibility index (Phi) is 3.00. The Labute approximate surface area is 101 Å².